The van der Waals surface area contributed by atoms with Gasteiger partial charge in [-0.3, -0.25) is 4.79 Å². The molecular formula is C28H32N2O5S. The van der Waals surface area contributed by atoms with Crippen molar-refractivity contribution in [2.24, 2.45) is 5.92 Å². The first kappa shape index (κ1) is 26.9. The molecule has 0 aliphatic rings. The number of rotatable bonds is 12. The zero-order valence-electron chi connectivity index (χ0n) is 20.6. The number of aromatic nitrogens is 1. The molecule has 0 aliphatic carbocycles. The summed E-state index contributed by atoms with van der Waals surface area (Å²) in [5.41, 5.74) is 2.18. The molecule has 1 unspecified atom stereocenters. The molecule has 1 aromatic heterocycles. The SMILES string of the molecule is CCOC(=O)/C=C/C(=O)N(CCc1c[nH]c2ccccc12)CC(CC)COC(=S)Oc1ccccc1. The summed E-state index contributed by atoms with van der Waals surface area (Å²) in [6.45, 7) is 5.24. The standard InChI is InChI=1S/C28H32N2O5S/c1-3-21(20-34-28(36)35-23-10-6-5-7-11-23)19-30(26(31)14-15-27(32)33-4-2)17-16-22-18-29-25-13-9-8-12-24(22)25/h5-15,18,21,29H,3-4,16-17,19-20H2,1-2H3/b15-14+. The van der Waals surface area contributed by atoms with Gasteiger partial charge in [0.2, 0.25) is 5.91 Å². The van der Waals surface area contributed by atoms with Crippen LogP contribution in [0.15, 0.2) is 72.9 Å². The van der Waals surface area contributed by atoms with Crippen LogP contribution in [0.1, 0.15) is 25.8 Å². The molecule has 1 atom stereocenters. The Hall–Kier alpha value is -3.65. The van der Waals surface area contributed by atoms with E-state index >= 15 is 0 Å². The topological polar surface area (TPSA) is 80.9 Å². The second-order valence-electron chi connectivity index (χ2n) is 8.23. The van der Waals surface area contributed by atoms with E-state index in [1.807, 2.05) is 49.5 Å². The van der Waals surface area contributed by atoms with E-state index in [0.717, 1.165) is 22.9 Å². The second kappa shape index (κ2) is 14.0. The summed E-state index contributed by atoms with van der Waals surface area (Å²) in [6, 6.07) is 17.3. The van der Waals surface area contributed by atoms with Gasteiger partial charge in [-0.05, 0) is 43.5 Å². The predicted molar refractivity (Wildman–Crippen MR) is 144 cm³/mol. The zero-order chi connectivity index (χ0) is 25.8. The highest BCUT2D eigenvalue weighted by Crippen LogP contribution is 2.19. The van der Waals surface area contributed by atoms with Gasteiger partial charge in [0.15, 0.2) is 0 Å². The first-order chi connectivity index (χ1) is 17.5. The number of amides is 1. The third-order valence-corrected chi connectivity index (χ3v) is 5.92. The molecule has 36 heavy (non-hydrogen) atoms. The summed E-state index contributed by atoms with van der Waals surface area (Å²) in [5, 5.41) is 1.17. The monoisotopic (exact) mass is 508 g/mol. The molecule has 2 aromatic carbocycles. The molecule has 0 aliphatic heterocycles. The normalized spacial score (nSPS) is 11.8. The smallest absolute Gasteiger partial charge is 0.357 e. The number of thiocarbonyl (C=S) groups is 1. The maximum atomic E-state index is 13.0. The first-order valence-electron chi connectivity index (χ1n) is 12.1. The van der Waals surface area contributed by atoms with Crippen LogP contribution in [0.25, 0.3) is 10.9 Å². The number of nitrogens with zero attached hydrogens (tertiary/aromatic N) is 1. The maximum Gasteiger partial charge on any atom is 0.357 e. The lowest BCUT2D eigenvalue weighted by Crippen LogP contribution is -2.37. The summed E-state index contributed by atoms with van der Waals surface area (Å²) in [5.74, 6) is -0.175. The van der Waals surface area contributed by atoms with Crippen molar-refractivity contribution in [3.63, 3.8) is 0 Å². The molecule has 3 rings (SSSR count). The number of nitrogens with one attached hydrogen (secondary N) is 1. The van der Waals surface area contributed by atoms with Crippen molar-refractivity contribution in [3.8, 4) is 5.75 Å². The Morgan fingerprint density at radius 2 is 1.78 bits per heavy atom. The van der Waals surface area contributed by atoms with Gasteiger partial charge in [0.05, 0.1) is 13.2 Å². The molecule has 0 saturated carbocycles. The van der Waals surface area contributed by atoms with Gasteiger partial charge in [-0.25, -0.2) is 4.79 Å². The minimum Gasteiger partial charge on any atom is -0.463 e. The number of benzene rings is 2. The molecule has 1 amide bonds. The Bertz CT molecular complexity index is 1170. The Labute approximate surface area is 217 Å². The van der Waals surface area contributed by atoms with Gasteiger partial charge in [-0.1, -0.05) is 43.3 Å². The molecule has 7 nitrogen and oxygen atoms in total. The van der Waals surface area contributed by atoms with Gasteiger partial charge >= 0.3 is 11.2 Å². The number of ether oxygens (including phenoxy) is 3. The first-order valence-corrected chi connectivity index (χ1v) is 12.5. The number of H-pyrrole nitrogens is 1. The number of para-hydroxylation sites is 2. The Morgan fingerprint density at radius 3 is 2.53 bits per heavy atom. The molecule has 0 spiro atoms. The number of hydrogen-bond acceptors (Lipinski definition) is 6. The van der Waals surface area contributed by atoms with Crippen molar-refractivity contribution in [1.29, 1.82) is 0 Å². The van der Waals surface area contributed by atoms with Gasteiger partial charge in [0.25, 0.3) is 0 Å². The maximum absolute atomic E-state index is 13.0. The van der Waals surface area contributed by atoms with Crippen LogP contribution >= 0.6 is 12.2 Å². The number of carbonyl (C=O) groups is 2. The Balaban J connectivity index is 1.64. The third-order valence-electron chi connectivity index (χ3n) is 5.72. The highest BCUT2D eigenvalue weighted by molar-refractivity contribution is 7.79. The van der Waals surface area contributed by atoms with Crippen molar-refractivity contribution >= 4 is 40.2 Å². The van der Waals surface area contributed by atoms with Crippen LogP contribution in [-0.2, 0) is 25.5 Å². The quantitative estimate of drug-likeness (QED) is 0.209. The number of aromatic amines is 1. The predicted octanol–water partition coefficient (Wildman–Crippen LogP) is 5.07. The molecule has 1 N–H and O–H groups in total. The van der Waals surface area contributed by atoms with Crippen LogP contribution in [0.4, 0.5) is 0 Å². The van der Waals surface area contributed by atoms with Crippen molar-refractivity contribution in [1.82, 2.24) is 9.88 Å². The minimum atomic E-state index is -0.541. The van der Waals surface area contributed by atoms with Crippen LogP contribution in [0, 0.1) is 5.92 Å². The van der Waals surface area contributed by atoms with Crippen molar-refractivity contribution < 1.29 is 23.8 Å². The average Bonchev–Trinajstić information content (AvgIpc) is 3.31. The molecule has 8 heteroatoms. The van der Waals surface area contributed by atoms with Crippen LogP contribution < -0.4 is 4.74 Å². The van der Waals surface area contributed by atoms with Crippen molar-refractivity contribution in [2.45, 2.75) is 26.7 Å². The lowest BCUT2D eigenvalue weighted by atomic mass is 10.1. The van der Waals surface area contributed by atoms with E-state index in [2.05, 4.69) is 11.1 Å². The molecule has 0 saturated heterocycles. The molecule has 0 bridgehead atoms. The number of carbonyl (C=O) groups excluding carboxylic acids is 2. The fourth-order valence-corrected chi connectivity index (χ4v) is 3.90. The number of esters is 1. The van der Waals surface area contributed by atoms with Gasteiger partial charge < -0.3 is 24.1 Å². The van der Waals surface area contributed by atoms with E-state index in [4.69, 9.17) is 26.4 Å². The fourth-order valence-electron chi connectivity index (χ4n) is 3.73. The molecule has 0 radical (unpaired) electrons. The average molecular weight is 509 g/mol. The van der Waals surface area contributed by atoms with Crippen molar-refractivity contribution in [2.75, 3.05) is 26.3 Å². The van der Waals surface area contributed by atoms with Crippen LogP contribution in [-0.4, -0.2) is 53.3 Å². The number of fused-ring (bicyclic) bond motifs is 1. The molecule has 1 heterocycles. The Morgan fingerprint density at radius 1 is 1.03 bits per heavy atom. The molecule has 0 fully saturated rings. The van der Waals surface area contributed by atoms with Gasteiger partial charge in [-0.2, -0.15) is 0 Å². The molecule has 190 valence electrons. The largest absolute Gasteiger partial charge is 0.463 e. The van der Waals surface area contributed by atoms with Gasteiger partial charge in [0.1, 0.15) is 5.75 Å². The van der Waals surface area contributed by atoms with Crippen LogP contribution in [0.3, 0.4) is 0 Å². The lowest BCUT2D eigenvalue weighted by Gasteiger charge is -2.26. The van der Waals surface area contributed by atoms with Crippen LogP contribution in [0.5, 0.6) is 5.75 Å². The van der Waals surface area contributed by atoms with E-state index in [1.165, 1.54) is 12.2 Å². The summed E-state index contributed by atoms with van der Waals surface area (Å²) in [6.07, 6.45) is 5.85. The van der Waals surface area contributed by atoms with Crippen LogP contribution in [0.2, 0.25) is 0 Å². The molecular weight excluding hydrogens is 476 g/mol. The fraction of sp³-hybridized carbons (Fsp3) is 0.321. The van der Waals surface area contributed by atoms with E-state index in [0.29, 0.717) is 31.9 Å². The molecule has 3 aromatic rings. The van der Waals surface area contributed by atoms with E-state index in [9.17, 15) is 9.59 Å². The summed E-state index contributed by atoms with van der Waals surface area (Å²) in [4.78, 5) is 29.8. The highest BCUT2D eigenvalue weighted by atomic mass is 32.1. The summed E-state index contributed by atoms with van der Waals surface area (Å²) < 4.78 is 16.1. The third kappa shape index (κ3) is 8.23. The zero-order valence-corrected chi connectivity index (χ0v) is 21.5. The van der Waals surface area contributed by atoms with E-state index < -0.39 is 5.97 Å². The van der Waals surface area contributed by atoms with Gasteiger partial charge in [-0.15, -0.1) is 0 Å². The van der Waals surface area contributed by atoms with Gasteiger partial charge in [0, 0.05) is 60.5 Å². The number of hydrogen-bond donors (Lipinski definition) is 1. The lowest BCUT2D eigenvalue weighted by molar-refractivity contribution is -0.137. The Kier molecular flexibility index (Phi) is 10.5. The second-order valence-corrected chi connectivity index (χ2v) is 8.56. The summed E-state index contributed by atoms with van der Waals surface area (Å²) >= 11 is 5.22. The van der Waals surface area contributed by atoms with E-state index in [1.54, 1.807) is 24.0 Å². The van der Waals surface area contributed by atoms with Crippen molar-refractivity contribution in [3.05, 3.63) is 78.5 Å². The highest BCUT2D eigenvalue weighted by Gasteiger charge is 2.19. The minimum absolute atomic E-state index is 0.0187. The van der Waals surface area contributed by atoms with E-state index in [-0.39, 0.29) is 23.7 Å². The summed E-state index contributed by atoms with van der Waals surface area (Å²) in [7, 11) is 0.